The van der Waals surface area contributed by atoms with E-state index in [0.29, 0.717) is 0 Å². The molecular formula is C23H47ClN2O. The molecule has 27 heavy (non-hydrogen) atoms. The minimum absolute atomic E-state index is 0. The Morgan fingerprint density at radius 2 is 1.19 bits per heavy atom. The van der Waals surface area contributed by atoms with Crippen molar-refractivity contribution in [1.82, 2.24) is 4.90 Å². The number of hydrogen-bond donors (Lipinski definition) is 1. The van der Waals surface area contributed by atoms with Crippen LogP contribution in [0.3, 0.4) is 0 Å². The molecule has 4 heteroatoms. The van der Waals surface area contributed by atoms with Crippen molar-refractivity contribution in [2.45, 2.75) is 129 Å². The third-order valence-corrected chi connectivity index (χ3v) is 5.81. The Morgan fingerprint density at radius 3 is 1.56 bits per heavy atom. The molecule has 1 rings (SSSR count). The van der Waals surface area contributed by atoms with Crippen molar-refractivity contribution in [1.29, 1.82) is 0 Å². The highest BCUT2D eigenvalue weighted by atomic mass is 35.5. The lowest BCUT2D eigenvalue weighted by atomic mass is 10.0. The van der Waals surface area contributed by atoms with Gasteiger partial charge in [-0.15, -0.1) is 12.4 Å². The molecule has 0 amide bonds. The number of rotatable bonds is 18. The summed E-state index contributed by atoms with van der Waals surface area (Å²) < 4.78 is 0. The second-order valence-electron chi connectivity index (χ2n) is 8.49. The molecule has 1 atom stereocenters. The van der Waals surface area contributed by atoms with Crippen LogP contribution in [0.25, 0.3) is 0 Å². The van der Waals surface area contributed by atoms with Gasteiger partial charge in [-0.05, 0) is 19.8 Å². The molecule has 0 aromatic rings. The zero-order valence-corrected chi connectivity index (χ0v) is 19.1. The van der Waals surface area contributed by atoms with Crippen LogP contribution in [0.4, 0.5) is 0 Å². The van der Waals surface area contributed by atoms with E-state index in [2.05, 4.69) is 11.9 Å². The quantitative estimate of drug-likeness (QED) is 0.248. The van der Waals surface area contributed by atoms with Gasteiger partial charge in [0.1, 0.15) is 5.72 Å². The number of nitrogens with zero attached hydrogens (tertiary/aromatic N) is 2. The third kappa shape index (κ3) is 14.4. The van der Waals surface area contributed by atoms with Gasteiger partial charge in [0.05, 0.1) is 12.9 Å². The van der Waals surface area contributed by atoms with Crippen molar-refractivity contribution in [3.05, 3.63) is 0 Å². The molecule has 0 bridgehead atoms. The normalized spacial score (nSPS) is 15.7. The van der Waals surface area contributed by atoms with E-state index in [-0.39, 0.29) is 12.4 Å². The van der Waals surface area contributed by atoms with E-state index in [1.165, 1.54) is 96.3 Å². The summed E-state index contributed by atoms with van der Waals surface area (Å²) in [5.74, 6) is 0. The highest BCUT2D eigenvalue weighted by Gasteiger charge is 2.27. The summed E-state index contributed by atoms with van der Waals surface area (Å²) in [6.45, 7) is 5.91. The standard InChI is InChI=1S/C23H46N2O.ClH/c1-3-4-5-6-7-8-9-10-11-12-13-14-15-16-17-18-19-23(2,26)25-21-20-24-22-25;/h22,26H,3-21H2,1-2H3;1H. The third-order valence-electron chi connectivity index (χ3n) is 5.81. The van der Waals surface area contributed by atoms with Crippen LogP contribution in [-0.4, -0.2) is 35.2 Å². The predicted molar refractivity (Wildman–Crippen MR) is 122 cm³/mol. The van der Waals surface area contributed by atoms with Gasteiger partial charge in [0.25, 0.3) is 0 Å². The minimum Gasteiger partial charge on any atom is -0.371 e. The molecule has 0 radical (unpaired) electrons. The van der Waals surface area contributed by atoms with Crippen molar-refractivity contribution in [3.63, 3.8) is 0 Å². The molecule has 0 saturated heterocycles. The topological polar surface area (TPSA) is 35.8 Å². The number of halogens is 1. The first-order chi connectivity index (χ1) is 12.7. The van der Waals surface area contributed by atoms with Crippen LogP contribution in [0.1, 0.15) is 123 Å². The number of aliphatic hydroxyl groups is 1. The molecule has 0 fully saturated rings. The molecule has 1 aliphatic heterocycles. The zero-order valence-electron chi connectivity index (χ0n) is 18.3. The Labute approximate surface area is 175 Å². The highest BCUT2D eigenvalue weighted by Crippen LogP contribution is 2.21. The Morgan fingerprint density at radius 1 is 0.778 bits per heavy atom. The van der Waals surface area contributed by atoms with Crippen LogP contribution < -0.4 is 0 Å². The number of unbranched alkanes of at least 4 members (excludes halogenated alkanes) is 15. The monoisotopic (exact) mass is 402 g/mol. The predicted octanol–water partition coefficient (Wildman–Crippen LogP) is 7.11. The molecule has 0 saturated carbocycles. The van der Waals surface area contributed by atoms with Gasteiger partial charge in [0.15, 0.2) is 0 Å². The minimum atomic E-state index is -0.698. The smallest absolute Gasteiger partial charge is 0.135 e. The van der Waals surface area contributed by atoms with Gasteiger partial charge in [0.2, 0.25) is 0 Å². The second kappa shape index (κ2) is 17.8. The first-order valence-electron chi connectivity index (χ1n) is 11.7. The number of hydrogen-bond acceptors (Lipinski definition) is 3. The highest BCUT2D eigenvalue weighted by molar-refractivity contribution is 5.85. The maximum absolute atomic E-state index is 10.5. The van der Waals surface area contributed by atoms with Gasteiger partial charge in [-0.25, -0.2) is 0 Å². The summed E-state index contributed by atoms with van der Waals surface area (Å²) >= 11 is 0. The van der Waals surface area contributed by atoms with Gasteiger partial charge in [0, 0.05) is 6.54 Å². The molecular weight excluding hydrogens is 356 g/mol. The molecule has 1 unspecified atom stereocenters. The van der Waals surface area contributed by atoms with Gasteiger partial charge >= 0.3 is 0 Å². The molecule has 0 aliphatic carbocycles. The summed E-state index contributed by atoms with van der Waals surface area (Å²) in [6.07, 6.45) is 24.9. The molecule has 0 aromatic heterocycles. The van der Waals surface area contributed by atoms with Crippen LogP contribution >= 0.6 is 12.4 Å². The van der Waals surface area contributed by atoms with Gasteiger partial charge in [-0.2, -0.15) is 0 Å². The van der Waals surface area contributed by atoms with Crippen molar-refractivity contribution < 1.29 is 5.11 Å². The van der Waals surface area contributed by atoms with Crippen molar-refractivity contribution >= 4 is 18.7 Å². The van der Waals surface area contributed by atoms with Gasteiger partial charge in [-0.1, -0.05) is 103 Å². The summed E-state index contributed by atoms with van der Waals surface area (Å²) in [4.78, 5) is 6.18. The molecule has 1 N–H and O–H groups in total. The van der Waals surface area contributed by atoms with E-state index in [0.717, 1.165) is 25.9 Å². The first-order valence-corrected chi connectivity index (χ1v) is 11.7. The lowest BCUT2D eigenvalue weighted by Crippen LogP contribution is -2.44. The van der Waals surface area contributed by atoms with Crippen LogP contribution in [0.15, 0.2) is 4.99 Å². The summed E-state index contributed by atoms with van der Waals surface area (Å²) in [6, 6.07) is 0. The average Bonchev–Trinajstić information content (AvgIpc) is 3.17. The zero-order chi connectivity index (χ0) is 18.9. The molecule has 0 aromatic carbocycles. The number of aliphatic imine (C=N–C) groups is 1. The molecule has 1 heterocycles. The largest absolute Gasteiger partial charge is 0.371 e. The van der Waals surface area contributed by atoms with E-state index in [1.807, 2.05) is 18.2 Å². The van der Waals surface area contributed by atoms with Crippen LogP contribution in [0.5, 0.6) is 0 Å². The average molecular weight is 403 g/mol. The van der Waals surface area contributed by atoms with E-state index >= 15 is 0 Å². The maximum Gasteiger partial charge on any atom is 0.135 e. The Balaban J connectivity index is 0.00000676. The summed E-state index contributed by atoms with van der Waals surface area (Å²) in [5, 5.41) is 10.5. The van der Waals surface area contributed by atoms with Crippen molar-refractivity contribution in [2.24, 2.45) is 4.99 Å². The van der Waals surface area contributed by atoms with Crippen molar-refractivity contribution in [3.8, 4) is 0 Å². The van der Waals surface area contributed by atoms with Gasteiger partial charge in [-0.3, -0.25) is 4.99 Å². The van der Waals surface area contributed by atoms with E-state index in [4.69, 9.17) is 0 Å². The Kier molecular flexibility index (Phi) is 17.6. The van der Waals surface area contributed by atoms with E-state index < -0.39 is 5.72 Å². The first kappa shape index (κ1) is 26.7. The second-order valence-corrected chi connectivity index (χ2v) is 8.49. The molecule has 3 nitrogen and oxygen atoms in total. The SMILES string of the molecule is CCCCCCCCCCCCCCCCCCC(C)(O)N1C=NCC1.Cl. The van der Waals surface area contributed by atoms with E-state index in [1.54, 1.807) is 0 Å². The molecule has 162 valence electrons. The van der Waals surface area contributed by atoms with E-state index in [9.17, 15) is 5.11 Å². The van der Waals surface area contributed by atoms with Crippen LogP contribution in [0, 0.1) is 0 Å². The fraction of sp³-hybridized carbons (Fsp3) is 0.957. The Bertz CT molecular complexity index is 347. The summed E-state index contributed by atoms with van der Waals surface area (Å²) in [5.41, 5.74) is -0.698. The van der Waals surface area contributed by atoms with Crippen LogP contribution in [-0.2, 0) is 0 Å². The molecule has 1 aliphatic rings. The molecule has 0 spiro atoms. The van der Waals surface area contributed by atoms with Gasteiger partial charge < -0.3 is 10.0 Å². The van der Waals surface area contributed by atoms with Crippen molar-refractivity contribution in [2.75, 3.05) is 13.1 Å². The fourth-order valence-electron chi connectivity index (χ4n) is 3.90. The lowest BCUT2D eigenvalue weighted by molar-refractivity contribution is -0.0538. The summed E-state index contributed by atoms with van der Waals surface area (Å²) in [7, 11) is 0. The maximum atomic E-state index is 10.5. The Hall–Kier alpha value is -0.280. The van der Waals surface area contributed by atoms with Crippen LogP contribution in [0.2, 0.25) is 0 Å². The fourth-order valence-corrected chi connectivity index (χ4v) is 3.90. The lowest BCUT2D eigenvalue weighted by Gasteiger charge is -2.33.